The van der Waals surface area contributed by atoms with Crippen molar-refractivity contribution in [1.29, 1.82) is 0 Å². The highest BCUT2D eigenvalue weighted by Crippen LogP contribution is 2.22. The van der Waals surface area contributed by atoms with Crippen molar-refractivity contribution in [2.75, 3.05) is 19.6 Å². The molecule has 0 spiro atoms. The van der Waals surface area contributed by atoms with Gasteiger partial charge in [-0.1, -0.05) is 44.2 Å². The van der Waals surface area contributed by atoms with Crippen LogP contribution in [0.4, 0.5) is 0 Å². The lowest BCUT2D eigenvalue weighted by Gasteiger charge is -2.30. The van der Waals surface area contributed by atoms with E-state index in [0.717, 1.165) is 19.5 Å². The summed E-state index contributed by atoms with van der Waals surface area (Å²) in [7, 11) is 0. The van der Waals surface area contributed by atoms with Gasteiger partial charge < -0.3 is 0 Å². The van der Waals surface area contributed by atoms with E-state index in [1.54, 1.807) is 0 Å². The summed E-state index contributed by atoms with van der Waals surface area (Å²) in [5.41, 5.74) is 1.45. The minimum Gasteiger partial charge on any atom is -0.286 e. The van der Waals surface area contributed by atoms with E-state index < -0.39 is 0 Å². The molecule has 2 heteroatoms. The van der Waals surface area contributed by atoms with Crippen LogP contribution < -0.4 is 0 Å². The normalized spacial score (nSPS) is 26.5. The van der Waals surface area contributed by atoms with Crippen LogP contribution in [0.5, 0.6) is 0 Å². The second-order valence-electron chi connectivity index (χ2n) is 4.94. The van der Waals surface area contributed by atoms with E-state index in [1.165, 1.54) is 12.1 Å². The molecule has 2 atom stereocenters. The fourth-order valence-electron chi connectivity index (χ4n) is 3.00. The van der Waals surface area contributed by atoms with Crippen molar-refractivity contribution in [3.63, 3.8) is 0 Å². The van der Waals surface area contributed by atoms with Gasteiger partial charge in [-0.05, 0) is 25.6 Å². The number of rotatable bonds is 4. The molecule has 0 bridgehead atoms. The first kappa shape index (κ1) is 12.6. The molecular formula is C15H24N2. The maximum atomic E-state index is 2.62. The molecule has 0 aromatic heterocycles. The minimum atomic E-state index is 0.586. The van der Waals surface area contributed by atoms with Gasteiger partial charge in [-0.2, -0.15) is 0 Å². The Labute approximate surface area is 105 Å². The van der Waals surface area contributed by atoms with Crippen LogP contribution in [0, 0.1) is 0 Å². The van der Waals surface area contributed by atoms with Gasteiger partial charge in [0.15, 0.2) is 0 Å². The van der Waals surface area contributed by atoms with Crippen molar-refractivity contribution in [3.05, 3.63) is 35.9 Å². The lowest BCUT2D eigenvalue weighted by atomic mass is 10.1. The topological polar surface area (TPSA) is 6.48 Å². The lowest BCUT2D eigenvalue weighted by molar-refractivity contribution is 0.133. The van der Waals surface area contributed by atoms with Gasteiger partial charge in [0.1, 0.15) is 0 Å². The Hall–Kier alpha value is -0.860. The van der Waals surface area contributed by atoms with E-state index in [0.29, 0.717) is 12.2 Å². The molecule has 1 aromatic carbocycles. The molecule has 0 saturated carbocycles. The molecule has 17 heavy (non-hydrogen) atoms. The molecule has 1 aromatic rings. The molecule has 0 radical (unpaired) electrons. The summed E-state index contributed by atoms with van der Waals surface area (Å²) >= 11 is 0. The summed E-state index contributed by atoms with van der Waals surface area (Å²) in [6.45, 7) is 10.4. The van der Waals surface area contributed by atoms with E-state index in [4.69, 9.17) is 0 Å². The van der Waals surface area contributed by atoms with Gasteiger partial charge in [-0.15, -0.1) is 0 Å². The van der Waals surface area contributed by atoms with Crippen molar-refractivity contribution < 1.29 is 0 Å². The van der Waals surface area contributed by atoms with Crippen molar-refractivity contribution in [3.8, 4) is 0 Å². The highest BCUT2D eigenvalue weighted by molar-refractivity contribution is 5.16. The van der Waals surface area contributed by atoms with E-state index >= 15 is 0 Å². The van der Waals surface area contributed by atoms with Gasteiger partial charge in [-0.25, -0.2) is 0 Å². The maximum absolute atomic E-state index is 2.62. The third-order valence-electron chi connectivity index (χ3n) is 3.90. The lowest BCUT2D eigenvalue weighted by Crippen LogP contribution is -2.41. The quantitative estimate of drug-likeness (QED) is 0.787. The first-order valence-electron chi connectivity index (χ1n) is 6.80. The Morgan fingerprint density at radius 1 is 1.12 bits per heavy atom. The molecular weight excluding hydrogens is 208 g/mol. The van der Waals surface area contributed by atoms with Crippen molar-refractivity contribution >= 4 is 0 Å². The predicted molar refractivity (Wildman–Crippen MR) is 73.0 cm³/mol. The molecule has 1 fully saturated rings. The number of nitrogens with zero attached hydrogens (tertiary/aromatic N) is 2. The van der Waals surface area contributed by atoms with Gasteiger partial charge >= 0.3 is 0 Å². The van der Waals surface area contributed by atoms with Crippen LogP contribution in [-0.2, 0) is 6.42 Å². The van der Waals surface area contributed by atoms with Gasteiger partial charge in [0.2, 0.25) is 0 Å². The molecule has 2 rings (SSSR count). The summed E-state index contributed by atoms with van der Waals surface area (Å²) in [6, 6.07) is 11.5. The number of hydrogen-bond donors (Lipinski definition) is 0. The summed E-state index contributed by atoms with van der Waals surface area (Å²) in [6.07, 6.45) is 1.73. The smallest absolute Gasteiger partial charge is 0.0666 e. The van der Waals surface area contributed by atoms with Gasteiger partial charge in [0, 0.05) is 19.0 Å². The van der Waals surface area contributed by atoms with Crippen LogP contribution in [0.15, 0.2) is 30.3 Å². The van der Waals surface area contributed by atoms with E-state index in [9.17, 15) is 0 Å². The Morgan fingerprint density at radius 3 is 2.41 bits per heavy atom. The molecule has 0 N–H and O–H groups in total. The third kappa shape index (κ3) is 2.70. The molecule has 1 heterocycles. The number of benzene rings is 1. The van der Waals surface area contributed by atoms with Gasteiger partial charge in [0.05, 0.1) is 6.17 Å². The van der Waals surface area contributed by atoms with Crippen LogP contribution in [0.2, 0.25) is 0 Å². The van der Waals surface area contributed by atoms with Crippen LogP contribution in [0.25, 0.3) is 0 Å². The number of hydrogen-bond acceptors (Lipinski definition) is 2. The first-order chi connectivity index (χ1) is 8.26. The zero-order valence-corrected chi connectivity index (χ0v) is 11.3. The van der Waals surface area contributed by atoms with Crippen LogP contribution in [-0.4, -0.2) is 41.6 Å². The second-order valence-corrected chi connectivity index (χ2v) is 4.94. The SMILES string of the molecule is CCN1CC(C)N(CC)C1Cc1ccccc1. The van der Waals surface area contributed by atoms with Gasteiger partial charge in [-0.3, -0.25) is 9.80 Å². The molecule has 1 aliphatic heterocycles. The zero-order valence-electron chi connectivity index (χ0n) is 11.3. The Bertz CT molecular complexity index is 336. The highest BCUT2D eigenvalue weighted by atomic mass is 15.4. The van der Waals surface area contributed by atoms with Crippen LogP contribution in [0.1, 0.15) is 26.3 Å². The fourth-order valence-corrected chi connectivity index (χ4v) is 3.00. The largest absolute Gasteiger partial charge is 0.286 e. The average Bonchev–Trinajstić information content (AvgIpc) is 2.66. The summed E-state index contributed by atoms with van der Waals surface area (Å²) in [4.78, 5) is 5.22. The van der Waals surface area contributed by atoms with Crippen molar-refractivity contribution in [2.45, 2.75) is 39.4 Å². The monoisotopic (exact) mass is 232 g/mol. The molecule has 0 aliphatic carbocycles. The van der Waals surface area contributed by atoms with E-state index in [2.05, 4.69) is 60.9 Å². The first-order valence-corrected chi connectivity index (χ1v) is 6.80. The Balaban J connectivity index is 2.11. The van der Waals surface area contributed by atoms with Crippen molar-refractivity contribution in [2.24, 2.45) is 0 Å². The summed E-state index contributed by atoms with van der Waals surface area (Å²) in [5, 5.41) is 0. The predicted octanol–water partition coefficient (Wildman–Crippen LogP) is 2.60. The minimum absolute atomic E-state index is 0.586. The molecule has 2 unspecified atom stereocenters. The van der Waals surface area contributed by atoms with Crippen LogP contribution >= 0.6 is 0 Å². The third-order valence-corrected chi connectivity index (χ3v) is 3.90. The highest BCUT2D eigenvalue weighted by Gasteiger charge is 2.34. The van der Waals surface area contributed by atoms with E-state index in [-0.39, 0.29) is 0 Å². The molecule has 1 saturated heterocycles. The van der Waals surface area contributed by atoms with Crippen molar-refractivity contribution in [1.82, 2.24) is 9.80 Å². The van der Waals surface area contributed by atoms with Gasteiger partial charge in [0.25, 0.3) is 0 Å². The average molecular weight is 232 g/mol. The summed E-state index contributed by atoms with van der Waals surface area (Å²) in [5.74, 6) is 0. The second kappa shape index (κ2) is 5.65. The molecule has 2 nitrogen and oxygen atoms in total. The Morgan fingerprint density at radius 2 is 1.82 bits per heavy atom. The standard InChI is InChI=1S/C15H24N2/c1-4-16-12-13(3)17(5-2)15(16)11-14-9-7-6-8-10-14/h6-10,13,15H,4-5,11-12H2,1-3H3. The molecule has 0 amide bonds. The maximum Gasteiger partial charge on any atom is 0.0666 e. The van der Waals surface area contributed by atoms with E-state index in [1.807, 2.05) is 0 Å². The molecule has 94 valence electrons. The van der Waals surface area contributed by atoms with Crippen LogP contribution in [0.3, 0.4) is 0 Å². The Kier molecular flexibility index (Phi) is 4.19. The summed E-state index contributed by atoms with van der Waals surface area (Å²) < 4.78 is 0. The fraction of sp³-hybridized carbons (Fsp3) is 0.600. The number of likely N-dealkylation sites (N-methyl/N-ethyl adjacent to an activating group) is 2. The zero-order chi connectivity index (χ0) is 12.3. The molecule has 1 aliphatic rings.